The molecule has 2 aliphatic rings. The van der Waals surface area contributed by atoms with E-state index in [1.165, 1.54) is 22.9 Å². The molecule has 2 aromatic heterocycles. The van der Waals surface area contributed by atoms with Crippen molar-refractivity contribution in [1.82, 2.24) is 19.4 Å². The van der Waals surface area contributed by atoms with Crippen LogP contribution in [0.25, 0.3) is 11.3 Å². The van der Waals surface area contributed by atoms with Crippen LogP contribution in [0.3, 0.4) is 0 Å². The molecule has 0 N–H and O–H groups in total. The van der Waals surface area contributed by atoms with E-state index in [-0.39, 0.29) is 23.1 Å². The van der Waals surface area contributed by atoms with Crippen molar-refractivity contribution in [1.29, 1.82) is 0 Å². The molecule has 7 nitrogen and oxygen atoms in total. The Labute approximate surface area is 156 Å². The first-order valence-corrected chi connectivity index (χ1v) is 9.11. The van der Waals surface area contributed by atoms with Gasteiger partial charge >= 0.3 is 0 Å². The Kier molecular flexibility index (Phi) is 4.20. The van der Waals surface area contributed by atoms with Gasteiger partial charge in [0.1, 0.15) is 0 Å². The minimum Gasteiger partial charge on any atom is -0.342 e. The van der Waals surface area contributed by atoms with Crippen molar-refractivity contribution >= 4 is 11.9 Å². The van der Waals surface area contributed by atoms with Crippen molar-refractivity contribution in [3.8, 4) is 11.3 Å². The Morgan fingerprint density at radius 2 is 2.07 bits per heavy atom. The molecule has 1 amide bonds. The van der Waals surface area contributed by atoms with Crippen molar-refractivity contribution < 1.29 is 9.18 Å². The van der Waals surface area contributed by atoms with Crippen molar-refractivity contribution in [3.63, 3.8) is 0 Å². The van der Waals surface area contributed by atoms with Gasteiger partial charge in [0.15, 0.2) is 5.82 Å². The van der Waals surface area contributed by atoms with Gasteiger partial charge in [0.25, 0.3) is 5.56 Å². The highest BCUT2D eigenvalue weighted by atomic mass is 19.1. The Hall–Kier alpha value is -2.77. The summed E-state index contributed by atoms with van der Waals surface area (Å²) in [6.07, 6.45) is 3.11. The van der Waals surface area contributed by atoms with E-state index in [2.05, 4.69) is 9.97 Å². The summed E-state index contributed by atoms with van der Waals surface area (Å²) in [7, 11) is 3.57. The molecule has 3 atom stereocenters. The zero-order valence-electron chi connectivity index (χ0n) is 15.6. The quantitative estimate of drug-likeness (QED) is 0.810. The lowest BCUT2D eigenvalue weighted by molar-refractivity contribution is -0.130. The van der Waals surface area contributed by atoms with E-state index in [9.17, 15) is 14.0 Å². The molecular weight excluding hydrogens is 349 g/mol. The van der Waals surface area contributed by atoms with Crippen LogP contribution in [0.2, 0.25) is 0 Å². The molecule has 0 bridgehead atoms. The molecule has 2 fully saturated rings. The van der Waals surface area contributed by atoms with Crippen LogP contribution < -0.4 is 10.5 Å². The van der Waals surface area contributed by atoms with Crippen molar-refractivity contribution in [2.24, 2.45) is 18.9 Å². The van der Waals surface area contributed by atoms with Crippen LogP contribution in [0.4, 0.5) is 10.3 Å². The monoisotopic (exact) mass is 371 g/mol. The predicted octanol–water partition coefficient (Wildman–Crippen LogP) is 1.28. The predicted molar refractivity (Wildman–Crippen MR) is 98.7 cm³/mol. The summed E-state index contributed by atoms with van der Waals surface area (Å²) in [4.78, 5) is 36.5. The van der Waals surface area contributed by atoms with Crippen molar-refractivity contribution in [3.05, 3.63) is 40.7 Å². The first-order valence-electron chi connectivity index (χ1n) is 9.11. The molecule has 27 heavy (non-hydrogen) atoms. The Morgan fingerprint density at radius 1 is 1.37 bits per heavy atom. The second-order valence-electron chi connectivity index (χ2n) is 7.28. The molecule has 4 rings (SSSR count). The summed E-state index contributed by atoms with van der Waals surface area (Å²) in [6.45, 7) is 3.37. The molecule has 2 aromatic rings. The summed E-state index contributed by atoms with van der Waals surface area (Å²) in [5.74, 6) is 0.960. The Bertz CT molecular complexity index is 947. The van der Waals surface area contributed by atoms with Gasteiger partial charge in [-0.25, -0.2) is 9.37 Å². The normalized spacial score (nSPS) is 23.3. The molecule has 142 valence electrons. The van der Waals surface area contributed by atoms with Gasteiger partial charge in [-0.15, -0.1) is 0 Å². The van der Waals surface area contributed by atoms with Crippen LogP contribution >= 0.6 is 0 Å². The summed E-state index contributed by atoms with van der Waals surface area (Å²) >= 11 is 0. The van der Waals surface area contributed by atoms with Crippen LogP contribution in [0, 0.1) is 17.7 Å². The number of fused-ring (bicyclic) bond motifs is 1. The number of carbonyl (C=O) groups is 1. The van der Waals surface area contributed by atoms with Gasteiger partial charge in [-0.1, -0.05) is 6.92 Å². The minimum absolute atomic E-state index is 0.185. The fraction of sp³-hybridized carbons (Fsp3) is 0.474. The lowest BCUT2D eigenvalue weighted by Crippen LogP contribution is -2.38. The van der Waals surface area contributed by atoms with Gasteiger partial charge in [-0.2, -0.15) is 0 Å². The number of likely N-dealkylation sites (tertiary alicyclic amines) is 1. The molecule has 1 saturated heterocycles. The smallest absolute Gasteiger partial charge is 0.255 e. The molecule has 0 unspecified atom stereocenters. The zero-order chi connectivity index (χ0) is 19.3. The highest BCUT2D eigenvalue weighted by Crippen LogP contribution is 2.49. The Morgan fingerprint density at radius 3 is 2.70 bits per heavy atom. The molecule has 0 radical (unpaired) electrons. The maximum Gasteiger partial charge on any atom is 0.255 e. The highest BCUT2D eigenvalue weighted by molar-refractivity contribution is 5.76. The van der Waals surface area contributed by atoms with Gasteiger partial charge in [0.05, 0.1) is 11.9 Å². The van der Waals surface area contributed by atoms with E-state index in [1.54, 1.807) is 7.05 Å². The Balaban J connectivity index is 1.61. The second kappa shape index (κ2) is 6.44. The highest BCUT2D eigenvalue weighted by Gasteiger charge is 2.59. The number of carbonyl (C=O) groups excluding carboxylic acids is 1. The molecule has 0 spiro atoms. The fourth-order valence-corrected chi connectivity index (χ4v) is 4.19. The zero-order valence-corrected chi connectivity index (χ0v) is 15.6. The number of pyridine rings is 1. The number of aromatic nitrogens is 3. The number of halogens is 1. The van der Waals surface area contributed by atoms with E-state index in [1.807, 2.05) is 23.8 Å². The third kappa shape index (κ3) is 2.89. The average Bonchev–Trinajstić information content (AvgIpc) is 3.16. The molecule has 1 aliphatic heterocycles. The number of nitrogens with zero attached hydrogens (tertiary/aromatic N) is 5. The maximum absolute atomic E-state index is 14.1. The maximum atomic E-state index is 14.1. The van der Waals surface area contributed by atoms with Gasteiger partial charge in [0, 0.05) is 69.3 Å². The number of piperidine rings is 1. The van der Waals surface area contributed by atoms with Gasteiger partial charge in [-0.3, -0.25) is 19.1 Å². The van der Waals surface area contributed by atoms with E-state index < -0.39 is 5.82 Å². The third-order valence-corrected chi connectivity index (χ3v) is 5.73. The largest absolute Gasteiger partial charge is 0.342 e. The molecule has 0 aromatic carbocycles. The SMILES string of the molecule is CCC(=O)N1C[C@@H]2[C@H](C1)[C@@H]2N(C)c1nc(-c2ccncc2F)cc(=O)n1C. The topological polar surface area (TPSA) is 71.3 Å². The number of anilines is 1. The molecule has 1 saturated carbocycles. The van der Waals surface area contributed by atoms with E-state index >= 15 is 0 Å². The van der Waals surface area contributed by atoms with Gasteiger partial charge in [0.2, 0.25) is 11.9 Å². The number of hydrogen-bond donors (Lipinski definition) is 0. The first-order chi connectivity index (χ1) is 12.9. The van der Waals surface area contributed by atoms with Gasteiger partial charge < -0.3 is 9.80 Å². The van der Waals surface area contributed by atoms with Crippen LogP contribution in [-0.2, 0) is 11.8 Å². The summed E-state index contributed by atoms with van der Waals surface area (Å²) < 4.78 is 15.6. The van der Waals surface area contributed by atoms with Crippen LogP contribution in [-0.4, -0.2) is 51.5 Å². The number of hydrogen-bond acceptors (Lipinski definition) is 5. The standard InChI is InChI=1S/C19H22FN5O2/c1-4-16(26)25-9-12-13(10-25)18(12)24(3)19-22-15(7-17(27)23(19)2)11-5-6-21-8-14(11)20/h5-8,12-13,18H,4,9-10H2,1-3H3/t12-,13+,18-. The van der Waals surface area contributed by atoms with Crippen LogP contribution in [0.5, 0.6) is 0 Å². The van der Waals surface area contributed by atoms with E-state index in [0.29, 0.717) is 29.9 Å². The van der Waals surface area contributed by atoms with E-state index in [4.69, 9.17) is 0 Å². The fourth-order valence-electron chi connectivity index (χ4n) is 4.19. The molecule has 3 heterocycles. The molecular formula is C19H22FN5O2. The molecule has 8 heteroatoms. The van der Waals surface area contributed by atoms with E-state index in [0.717, 1.165) is 19.3 Å². The van der Waals surface area contributed by atoms with Crippen molar-refractivity contribution in [2.45, 2.75) is 19.4 Å². The van der Waals surface area contributed by atoms with Crippen molar-refractivity contribution in [2.75, 3.05) is 25.0 Å². The van der Waals surface area contributed by atoms with Gasteiger partial charge in [-0.05, 0) is 6.07 Å². The first kappa shape index (κ1) is 17.6. The van der Waals surface area contributed by atoms with Crippen LogP contribution in [0.15, 0.2) is 29.3 Å². The molecule has 1 aliphatic carbocycles. The van der Waals surface area contributed by atoms with Crippen LogP contribution in [0.1, 0.15) is 13.3 Å². The summed E-state index contributed by atoms with van der Waals surface area (Å²) in [5.41, 5.74) is 0.313. The average molecular weight is 371 g/mol. The lowest BCUT2D eigenvalue weighted by Gasteiger charge is -2.26. The lowest BCUT2D eigenvalue weighted by atomic mass is 10.2. The summed E-state index contributed by atoms with van der Waals surface area (Å²) in [5, 5.41) is 0. The minimum atomic E-state index is -0.510. The number of rotatable bonds is 4. The third-order valence-electron chi connectivity index (χ3n) is 5.73. The summed E-state index contributed by atoms with van der Waals surface area (Å²) in [6, 6.07) is 3.09. The number of amides is 1. The second-order valence-corrected chi connectivity index (χ2v) is 7.28.